The monoisotopic (exact) mass is 376 g/mol. The molecule has 0 bridgehead atoms. The number of non-ortho nitro benzene ring substituents is 1. The van der Waals surface area contributed by atoms with Gasteiger partial charge >= 0.3 is 0 Å². The topological polar surface area (TPSA) is 55.2 Å². The van der Waals surface area contributed by atoms with Crippen molar-refractivity contribution in [2.75, 3.05) is 6.54 Å². The van der Waals surface area contributed by atoms with E-state index in [0.29, 0.717) is 12.0 Å². The van der Waals surface area contributed by atoms with Crippen LogP contribution >= 0.6 is 22.6 Å². The van der Waals surface area contributed by atoms with E-state index in [9.17, 15) is 10.1 Å². The molecule has 0 radical (unpaired) electrons. The Morgan fingerprint density at radius 3 is 2.58 bits per heavy atom. The summed E-state index contributed by atoms with van der Waals surface area (Å²) in [5.41, 5.74) is 1.34. The summed E-state index contributed by atoms with van der Waals surface area (Å²) in [4.78, 5) is 10.4. The van der Waals surface area contributed by atoms with Crippen molar-refractivity contribution in [3.05, 3.63) is 37.4 Å². The molecule has 106 valence electrons. The molecular formula is C14H21IN2O2. The lowest BCUT2D eigenvalue weighted by atomic mass is 9.96. The molecule has 5 heteroatoms. The van der Waals surface area contributed by atoms with Crippen LogP contribution in [0.25, 0.3) is 0 Å². The molecule has 0 aliphatic heterocycles. The van der Waals surface area contributed by atoms with Crippen LogP contribution in [-0.2, 0) is 6.42 Å². The number of rotatable bonds is 7. The van der Waals surface area contributed by atoms with E-state index in [1.54, 1.807) is 12.1 Å². The van der Waals surface area contributed by atoms with Crippen molar-refractivity contribution in [2.24, 2.45) is 5.92 Å². The highest BCUT2D eigenvalue weighted by Gasteiger charge is 2.16. The Kier molecular flexibility index (Phi) is 6.71. The molecule has 1 atom stereocenters. The zero-order chi connectivity index (χ0) is 14.4. The summed E-state index contributed by atoms with van der Waals surface area (Å²) in [6.45, 7) is 7.56. The van der Waals surface area contributed by atoms with E-state index in [1.807, 2.05) is 6.07 Å². The molecule has 19 heavy (non-hydrogen) atoms. The van der Waals surface area contributed by atoms with Gasteiger partial charge in [-0.1, -0.05) is 26.8 Å². The van der Waals surface area contributed by atoms with Gasteiger partial charge in [-0.2, -0.15) is 0 Å². The highest BCUT2D eigenvalue weighted by atomic mass is 127. The SMILES string of the molecule is CCCNC(Cc1ccc([N+](=O)[O-])cc1I)C(C)C. The standard InChI is InChI=1S/C14H21IN2O2/c1-4-7-16-14(10(2)3)8-11-5-6-12(17(18)19)9-13(11)15/h5-6,9-10,14,16H,4,7-8H2,1-3H3. The summed E-state index contributed by atoms with van der Waals surface area (Å²) in [6.07, 6.45) is 2.02. The Balaban J connectivity index is 2.81. The summed E-state index contributed by atoms with van der Waals surface area (Å²) < 4.78 is 0.968. The van der Waals surface area contributed by atoms with Crippen molar-refractivity contribution < 1.29 is 4.92 Å². The second kappa shape index (κ2) is 7.79. The lowest BCUT2D eigenvalue weighted by molar-refractivity contribution is -0.385. The Hall–Kier alpha value is -0.690. The predicted octanol–water partition coefficient (Wildman–Crippen LogP) is 3.77. The average molecular weight is 376 g/mol. The van der Waals surface area contributed by atoms with E-state index >= 15 is 0 Å². The maximum atomic E-state index is 10.7. The van der Waals surface area contributed by atoms with Crippen molar-refractivity contribution in [1.29, 1.82) is 0 Å². The van der Waals surface area contributed by atoms with Gasteiger partial charge in [0.05, 0.1) is 4.92 Å². The molecule has 1 unspecified atom stereocenters. The predicted molar refractivity (Wildman–Crippen MR) is 86.4 cm³/mol. The van der Waals surface area contributed by atoms with E-state index in [0.717, 1.165) is 23.0 Å². The van der Waals surface area contributed by atoms with Crippen LogP contribution in [0.3, 0.4) is 0 Å². The van der Waals surface area contributed by atoms with Gasteiger partial charge in [0, 0.05) is 21.7 Å². The van der Waals surface area contributed by atoms with Crippen molar-refractivity contribution in [3.63, 3.8) is 0 Å². The first-order valence-electron chi connectivity index (χ1n) is 6.61. The third-order valence-corrected chi connectivity index (χ3v) is 4.15. The number of nitrogens with zero attached hydrogens (tertiary/aromatic N) is 1. The van der Waals surface area contributed by atoms with Gasteiger partial charge in [0.2, 0.25) is 0 Å². The van der Waals surface area contributed by atoms with Gasteiger partial charge in [-0.15, -0.1) is 0 Å². The summed E-state index contributed by atoms with van der Waals surface area (Å²) in [5, 5.41) is 14.3. The molecule has 4 nitrogen and oxygen atoms in total. The number of hydrogen-bond acceptors (Lipinski definition) is 3. The summed E-state index contributed by atoms with van der Waals surface area (Å²) in [7, 11) is 0. The number of hydrogen-bond donors (Lipinski definition) is 1. The lowest BCUT2D eigenvalue weighted by Gasteiger charge is -2.23. The number of benzene rings is 1. The van der Waals surface area contributed by atoms with Crippen molar-refractivity contribution in [2.45, 2.75) is 39.7 Å². The van der Waals surface area contributed by atoms with Crippen LogP contribution < -0.4 is 5.32 Å². The molecule has 1 aromatic carbocycles. The largest absolute Gasteiger partial charge is 0.313 e. The molecule has 1 aromatic rings. The maximum Gasteiger partial charge on any atom is 0.270 e. The van der Waals surface area contributed by atoms with Crippen LogP contribution in [-0.4, -0.2) is 17.5 Å². The van der Waals surface area contributed by atoms with E-state index in [4.69, 9.17) is 0 Å². The molecule has 0 aliphatic carbocycles. The smallest absolute Gasteiger partial charge is 0.270 e. The summed E-state index contributed by atoms with van der Waals surface area (Å²) in [6, 6.07) is 5.53. The zero-order valence-electron chi connectivity index (χ0n) is 11.6. The fourth-order valence-corrected chi connectivity index (χ4v) is 2.64. The molecule has 1 N–H and O–H groups in total. The van der Waals surface area contributed by atoms with Gasteiger partial charge in [0.1, 0.15) is 0 Å². The minimum Gasteiger partial charge on any atom is -0.313 e. The van der Waals surface area contributed by atoms with Crippen molar-refractivity contribution in [3.8, 4) is 0 Å². The van der Waals surface area contributed by atoms with Gasteiger partial charge in [-0.25, -0.2) is 0 Å². The molecule has 0 fully saturated rings. The fraction of sp³-hybridized carbons (Fsp3) is 0.571. The van der Waals surface area contributed by atoms with Crippen molar-refractivity contribution >= 4 is 28.3 Å². The second-order valence-corrected chi connectivity index (χ2v) is 6.20. The van der Waals surface area contributed by atoms with Crippen LogP contribution in [0, 0.1) is 19.6 Å². The molecule has 0 saturated carbocycles. The van der Waals surface area contributed by atoms with E-state index < -0.39 is 0 Å². The average Bonchev–Trinajstić information content (AvgIpc) is 2.35. The second-order valence-electron chi connectivity index (χ2n) is 5.04. The minimum atomic E-state index is -0.346. The fourth-order valence-electron chi connectivity index (χ4n) is 1.93. The van der Waals surface area contributed by atoms with Crippen LogP contribution in [0.2, 0.25) is 0 Å². The van der Waals surface area contributed by atoms with Gasteiger partial charge in [0.25, 0.3) is 5.69 Å². The summed E-state index contributed by atoms with van der Waals surface area (Å²) >= 11 is 2.18. The Morgan fingerprint density at radius 1 is 1.42 bits per heavy atom. The zero-order valence-corrected chi connectivity index (χ0v) is 13.8. The lowest BCUT2D eigenvalue weighted by Crippen LogP contribution is -2.36. The Bertz CT molecular complexity index is 435. The molecule has 0 heterocycles. The van der Waals surface area contributed by atoms with E-state index in [1.165, 1.54) is 5.56 Å². The molecule has 0 amide bonds. The van der Waals surface area contributed by atoms with Crippen LogP contribution in [0.5, 0.6) is 0 Å². The van der Waals surface area contributed by atoms with Crippen LogP contribution in [0.15, 0.2) is 18.2 Å². The number of nitro benzene ring substituents is 1. The third kappa shape index (κ3) is 5.06. The highest BCUT2D eigenvalue weighted by molar-refractivity contribution is 14.1. The summed E-state index contributed by atoms with van der Waals surface area (Å²) in [5.74, 6) is 0.539. The molecule has 0 saturated heterocycles. The third-order valence-electron chi connectivity index (χ3n) is 3.15. The quantitative estimate of drug-likeness (QED) is 0.448. The normalized spacial score (nSPS) is 12.7. The first-order chi connectivity index (χ1) is 8.95. The molecule has 0 spiro atoms. The number of halogens is 1. The van der Waals surface area contributed by atoms with Gasteiger partial charge < -0.3 is 5.32 Å². The number of nitro groups is 1. The number of nitrogens with one attached hydrogen (secondary N) is 1. The van der Waals surface area contributed by atoms with Crippen LogP contribution in [0.1, 0.15) is 32.8 Å². The molecule has 0 aliphatic rings. The Labute approximate surface area is 128 Å². The highest BCUT2D eigenvalue weighted by Crippen LogP contribution is 2.22. The first-order valence-corrected chi connectivity index (χ1v) is 7.69. The maximum absolute atomic E-state index is 10.7. The van der Waals surface area contributed by atoms with Crippen molar-refractivity contribution in [1.82, 2.24) is 5.32 Å². The van der Waals surface area contributed by atoms with E-state index in [-0.39, 0.29) is 10.6 Å². The van der Waals surface area contributed by atoms with E-state index in [2.05, 4.69) is 48.7 Å². The molecule has 0 aromatic heterocycles. The van der Waals surface area contributed by atoms with Gasteiger partial charge in [0.15, 0.2) is 0 Å². The Morgan fingerprint density at radius 2 is 2.11 bits per heavy atom. The minimum absolute atomic E-state index is 0.163. The molecule has 1 rings (SSSR count). The first kappa shape index (κ1) is 16.4. The van der Waals surface area contributed by atoms with Crippen LogP contribution in [0.4, 0.5) is 5.69 Å². The van der Waals surface area contributed by atoms with Gasteiger partial charge in [-0.05, 0) is 53.5 Å². The van der Waals surface area contributed by atoms with Gasteiger partial charge in [-0.3, -0.25) is 10.1 Å². The molecular weight excluding hydrogens is 355 g/mol.